The Hall–Kier alpha value is -2.29. The molecule has 0 spiro atoms. The highest BCUT2D eigenvalue weighted by molar-refractivity contribution is 5.89. The van der Waals surface area contributed by atoms with Crippen LogP contribution in [-0.2, 0) is 15.8 Å². The van der Waals surface area contributed by atoms with E-state index in [4.69, 9.17) is 9.47 Å². The number of hydrogen-bond donors (Lipinski definition) is 0. The third-order valence-corrected chi connectivity index (χ3v) is 5.11. The predicted molar refractivity (Wildman–Crippen MR) is 115 cm³/mol. The summed E-state index contributed by atoms with van der Waals surface area (Å²) >= 11 is 0. The Bertz CT molecular complexity index is 791. The first-order chi connectivity index (χ1) is 12.8. The standard InChI is InChI=1S/C25H34O3/c1-9-24(5,6)19-14-16-21(17-15-19)27-25(7,8)20-12-10-18(11-13-20)22(26)28-23(2,3)4/h10-17H,9H2,1-8H3. The topological polar surface area (TPSA) is 35.5 Å². The second kappa shape index (κ2) is 7.98. The number of carbonyl (C=O) groups is 1. The lowest BCUT2D eigenvalue weighted by Gasteiger charge is -2.28. The Morgan fingerprint density at radius 1 is 0.786 bits per heavy atom. The first kappa shape index (κ1) is 22.0. The average molecular weight is 383 g/mol. The Morgan fingerprint density at radius 2 is 1.29 bits per heavy atom. The Morgan fingerprint density at radius 3 is 1.75 bits per heavy atom. The maximum Gasteiger partial charge on any atom is 0.338 e. The van der Waals surface area contributed by atoms with Crippen molar-refractivity contribution in [3.63, 3.8) is 0 Å². The molecular weight excluding hydrogens is 348 g/mol. The van der Waals surface area contributed by atoms with E-state index < -0.39 is 11.2 Å². The zero-order valence-electron chi connectivity index (χ0n) is 18.6. The van der Waals surface area contributed by atoms with Gasteiger partial charge in [-0.15, -0.1) is 0 Å². The van der Waals surface area contributed by atoms with Crippen LogP contribution in [0.3, 0.4) is 0 Å². The molecule has 28 heavy (non-hydrogen) atoms. The largest absolute Gasteiger partial charge is 0.483 e. The minimum Gasteiger partial charge on any atom is -0.483 e. The monoisotopic (exact) mass is 382 g/mol. The second-order valence-corrected chi connectivity index (χ2v) is 9.45. The second-order valence-electron chi connectivity index (χ2n) is 9.45. The Labute approximate surface area is 170 Å². The molecule has 2 aromatic carbocycles. The summed E-state index contributed by atoms with van der Waals surface area (Å²) in [6.45, 7) is 16.3. The summed E-state index contributed by atoms with van der Waals surface area (Å²) < 4.78 is 11.7. The van der Waals surface area contributed by atoms with E-state index in [1.807, 2.05) is 58.9 Å². The van der Waals surface area contributed by atoms with Gasteiger partial charge in [-0.05, 0) is 81.8 Å². The fraction of sp³-hybridized carbons (Fsp3) is 0.480. The van der Waals surface area contributed by atoms with E-state index in [0.717, 1.165) is 17.7 Å². The van der Waals surface area contributed by atoms with Gasteiger partial charge in [-0.25, -0.2) is 4.79 Å². The molecule has 2 rings (SSSR count). The van der Waals surface area contributed by atoms with Crippen molar-refractivity contribution >= 4 is 5.97 Å². The molecule has 3 nitrogen and oxygen atoms in total. The van der Waals surface area contributed by atoms with Crippen LogP contribution in [0, 0.1) is 0 Å². The Kier molecular flexibility index (Phi) is 6.27. The molecule has 0 saturated carbocycles. The smallest absolute Gasteiger partial charge is 0.338 e. The predicted octanol–water partition coefficient (Wildman–Crippen LogP) is 6.64. The fourth-order valence-electron chi connectivity index (χ4n) is 2.88. The minimum atomic E-state index is -0.520. The molecule has 0 bridgehead atoms. The molecule has 0 aliphatic rings. The van der Waals surface area contributed by atoms with Crippen molar-refractivity contribution < 1.29 is 14.3 Å². The third kappa shape index (κ3) is 5.60. The normalized spacial score (nSPS) is 12.6. The Balaban J connectivity index is 2.13. The fourth-order valence-corrected chi connectivity index (χ4v) is 2.88. The van der Waals surface area contributed by atoms with Crippen molar-refractivity contribution in [3.8, 4) is 5.75 Å². The van der Waals surface area contributed by atoms with E-state index in [1.165, 1.54) is 5.56 Å². The van der Waals surface area contributed by atoms with E-state index in [0.29, 0.717) is 5.56 Å². The molecule has 152 valence electrons. The number of hydrogen-bond acceptors (Lipinski definition) is 3. The van der Waals surface area contributed by atoms with Gasteiger partial charge in [0.25, 0.3) is 0 Å². The van der Waals surface area contributed by atoms with Crippen molar-refractivity contribution in [1.82, 2.24) is 0 Å². The van der Waals surface area contributed by atoms with E-state index in [2.05, 4.69) is 32.9 Å². The van der Waals surface area contributed by atoms with Crippen LogP contribution in [0.5, 0.6) is 5.75 Å². The van der Waals surface area contributed by atoms with Crippen LogP contribution in [0.1, 0.15) is 83.3 Å². The van der Waals surface area contributed by atoms with E-state index in [-0.39, 0.29) is 11.4 Å². The van der Waals surface area contributed by atoms with Gasteiger partial charge in [0.05, 0.1) is 5.56 Å². The van der Waals surface area contributed by atoms with Crippen molar-refractivity contribution in [1.29, 1.82) is 0 Å². The maximum atomic E-state index is 12.2. The molecule has 2 aromatic rings. The van der Waals surface area contributed by atoms with E-state index >= 15 is 0 Å². The SMILES string of the molecule is CCC(C)(C)c1ccc(OC(C)(C)c2ccc(C(=O)OC(C)(C)C)cc2)cc1. The van der Waals surface area contributed by atoms with Crippen LogP contribution in [0.4, 0.5) is 0 Å². The molecule has 0 atom stereocenters. The van der Waals surface area contributed by atoms with Gasteiger partial charge in [0.15, 0.2) is 0 Å². The van der Waals surface area contributed by atoms with Crippen LogP contribution in [0.15, 0.2) is 48.5 Å². The molecule has 3 heteroatoms. The zero-order chi connectivity index (χ0) is 21.2. The van der Waals surface area contributed by atoms with Crippen LogP contribution in [-0.4, -0.2) is 11.6 Å². The van der Waals surface area contributed by atoms with Crippen LogP contribution in [0.2, 0.25) is 0 Å². The summed E-state index contributed by atoms with van der Waals surface area (Å²) in [7, 11) is 0. The van der Waals surface area contributed by atoms with Crippen molar-refractivity contribution in [2.75, 3.05) is 0 Å². The first-order valence-corrected chi connectivity index (χ1v) is 9.97. The van der Waals surface area contributed by atoms with E-state index in [1.54, 1.807) is 12.1 Å². The summed E-state index contributed by atoms with van der Waals surface area (Å²) in [5.41, 5.74) is 1.98. The summed E-state index contributed by atoms with van der Waals surface area (Å²) in [6, 6.07) is 15.8. The van der Waals surface area contributed by atoms with Crippen LogP contribution < -0.4 is 4.74 Å². The van der Waals surface area contributed by atoms with Gasteiger partial charge in [0.1, 0.15) is 17.0 Å². The van der Waals surface area contributed by atoms with Gasteiger partial charge in [0.2, 0.25) is 0 Å². The molecule has 0 radical (unpaired) electrons. The van der Waals surface area contributed by atoms with Gasteiger partial charge < -0.3 is 9.47 Å². The van der Waals surface area contributed by atoms with Gasteiger partial charge in [-0.1, -0.05) is 45.0 Å². The molecule has 0 unspecified atom stereocenters. The lowest BCUT2D eigenvalue weighted by Crippen LogP contribution is -2.26. The maximum absolute atomic E-state index is 12.2. The average Bonchev–Trinajstić information content (AvgIpc) is 2.60. The highest BCUT2D eigenvalue weighted by Gasteiger charge is 2.25. The molecule has 0 N–H and O–H groups in total. The first-order valence-electron chi connectivity index (χ1n) is 9.97. The highest BCUT2D eigenvalue weighted by Crippen LogP contribution is 2.31. The molecular formula is C25H34O3. The molecule has 0 aliphatic heterocycles. The van der Waals surface area contributed by atoms with Crippen molar-refractivity contribution in [2.45, 2.75) is 78.4 Å². The highest BCUT2D eigenvalue weighted by atomic mass is 16.6. The lowest BCUT2D eigenvalue weighted by molar-refractivity contribution is 0.00691. The minimum absolute atomic E-state index is 0.158. The summed E-state index contributed by atoms with van der Waals surface area (Å²) in [4.78, 5) is 12.2. The molecule has 0 saturated heterocycles. The molecule has 0 heterocycles. The third-order valence-electron chi connectivity index (χ3n) is 5.11. The number of rotatable bonds is 6. The quantitative estimate of drug-likeness (QED) is 0.525. The van der Waals surface area contributed by atoms with Crippen LogP contribution in [0.25, 0.3) is 0 Å². The zero-order valence-corrected chi connectivity index (χ0v) is 18.6. The van der Waals surface area contributed by atoms with Crippen molar-refractivity contribution in [2.24, 2.45) is 0 Å². The number of ether oxygens (including phenoxy) is 2. The molecule has 0 amide bonds. The number of esters is 1. The molecule has 0 fully saturated rings. The molecule has 0 aliphatic carbocycles. The summed E-state index contributed by atoms with van der Waals surface area (Å²) in [5, 5.41) is 0. The van der Waals surface area contributed by atoms with Crippen molar-refractivity contribution in [3.05, 3.63) is 65.2 Å². The molecule has 0 aromatic heterocycles. The van der Waals surface area contributed by atoms with Gasteiger partial charge in [-0.2, -0.15) is 0 Å². The van der Waals surface area contributed by atoms with Gasteiger partial charge in [0, 0.05) is 0 Å². The number of benzene rings is 2. The lowest BCUT2D eigenvalue weighted by atomic mass is 9.82. The number of carbonyl (C=O) groups excluding carboxylic acids is 1. The van der Waals surface area contributed by atoms with Gasteiger partial charge >= 0.3 is 5.97 Å². The summed E-state index contributed by atoms with van der Waals surface area (Å²) in [6.07, 6.45) is 1.09. The van der Waals surface area contributed by atoms with E-state index in [9.17, 15) is 4.79 Å². The summed E-state index contributed by atoms with van der Waals surface area (Å²) in [5.74, 6) is 0.517. The van der Waals surface area contributed by atoms with Gasteiger partial charge in [-0.3, -0.25) is 0 Å². The van der Waals surface area contributed by atoms with Crippen LogP contribution >= 0.6 is 0 Å².